The first-order chi connectivity index (χ1) is 13.3. The Morgan fingerprint density at radius 2 is 1.86 bits per heavy atom. The topological polar surface area (TPSA) is 103 Å². The molecule has 0 amide bonds. The van der Waals surface area contributed by atoms with Gasteiger partial charge in [-0.15, -0.1) is 0 Å². The van der Waals surface area contributed by atoms with Crippen LogP contribution in [0.3, 0.4) is 0 Å². The van der Waals surface area contributed by atoms with Crippen molar-refractivity contribution in [1.29, 1.82) is 0 Å². The lowest BCUT2D eigenvalue weighted by Gasteiger charge is -2.12. The zero-order valence-corrected chi connectivity index (χ0v) is 16.7. The number of hydrogen-bond donors (Lipinski definition) is 1. The van der Waals surface area contributed by atoms with E-state index in [0.29, 0.717) is 22.9 Å². The maximum absolute atomic E-state index is 12.5. The summed E-state index contributed by atoms with van der Waals surface area (Å²) in [4.78, 5) is 32.3. The van der Waals surface area contributed by atoms with Gasteiger partial charge in [0.25, 0.3) is 5.56 Å². The molecular formula is C19H21N5O3S. The Labute approximate surface area is 166 Å². The molecule has 0 atom stereocenters. The summed E-state index contributed by atoms with van der Waals surface area (Å²) in [5.74, 6) is -0.423. The van der Waals surface area contributed by atoms with Gasteiger partial charge in [-0.25, -0.2) is 0 Å². The van der Waals surface area contributed by atoms with Gasteiger partial charge in [0.2, 0.25) is 0 Å². The quantitative estimate of drug-likeness (QED) is 0.478. The smallest absolute Gasteiger partial charge is 0.323 e. The van der Waals surface area contributed by atoms with Crippen LogP contribution in [-0.2, 0) is 30.6 Å². The molecule has 3 aromatic rings. The summed E-state index contributed by atoms with van der Waals surface area (Å²) < 4.78 is 3.17. The minimum atomic E-state index is -0.991. The average molecular weight is 399 g/mol. The van der Waals surface area contributed by atoms with Gasteiger partial charge in [0.15, 0.2) is 5.16 Å². The van der Waals surface area contributed by atoms with E-state index in [2.05, 4.69) is 15.1 Å². The molecule has 8 nitrogen and oxygen atoms in total. The van der Waals surface area contributed by atoms with Crippen LogP contribution in [0.25, 0.3) is 0 Å². The Hall–Kier alpha value is -2.94. The lowest BCUT2D eigenvalue weighted by molar-refractivity contribution is -0.137. The third kappa shape index (κ3) is 5.07. The number of aliphatic carboxylic acids is 1. The van der Waals surface area contributed by atoms with Gasteiger partial charge in [-0.1, -0.05) is 11.8 Å². The predicted octanol–water partition coefficient (Wildman–Crippen LogP) is 1.96. The Morgan fingerprint density at radius 3 is 2.46 bits per heavy atom. The van der Waals surface area contributed by atoms with E-state index in [1.807, 2.05) is 32.2 Å². The fraction of sp³-hybridized carbons (Fsp3) is 0.316. The second-order valence-electron chi connectivity index (χ2n) is 6.62. The molecule has 0 unspecified atom stereocenters. The number of thioether (sulfide) groups is 1. The number of pyridine rings is 1. The molecule has 0 saturated heterocycles. The first kappa shape index (κ1) is 19.8. The van der Waals surface area contributed by atoms with Crippen LogP contribution in [0, 0.1) is 13.8 Å². The zero-order valence-electron chi connectivity index (χ0n) is 15.9. The van der Waals surface area contributed by atoms with E-state index < -0.39 is 5.97 Å². The average Bonchev–Trinajstić information content (AvgIpc) is 3.00. The standard InChI is InChI=1S/C19H21N5O3S/c1-12-4-14(5-13(2)21-12)11-28-19-22-18(27)16(9-24(19)10-17(25)26)6-15-7-20-23(3)8-15/h4-5,7-9H,6,10-11H2,1-3H3,(H,25,26). The van der Waals surface area contributed by atoms with Crippen LogP contribution in [0.4, 0.5) is 0 Å². The summed E-state index contributed by atoms with van der Waals surface area (Å²) in [7, 11) is 1.80. The fourth-order valence-corrected chi connectivity index (χ4v) is 3.85. The van der Waals surface area contributed by atoms with Gasteiger partial charge in [-0.2, -0.15) is 10.1 Å². The molecule has 28 heavy (non-hydrogen) atoms. The summed E-state index contributed by atoms with van der Waals surface area (Å²) in [6, 6.07) is 3.94. The van der Waals surface area contributed by atoms with E-state index in [1.54, 1.807) is 24.1 Å². The molecule has 0 bridgehead atoms. The SMILES string of the molecule is Cc1cc(CSc2nc(=O)c(Cc3cnn(C)c3)cn2CC(=O)O)cc(C)n1. The number of rotatable bonds is 7. The molecule has 1 N–H and O–H groups in total. The van der Waals surface area contributed by atoms with Gasteiger partial charge >= 0.3 is 5.97 Å². The van der Waals surface area contributed by atoms with Crippen molar-refractivity contribution < 1.29 is 9.90 Å². The lowest BCUT2D eigenvalue weighted by atomic mass is 10.1. The normalized spacial score (nSPS) is 11.0. The largest absolute Gasteiger partial charge is 0.480 e. The molecule has 0 radical (unpaired) electrons. The number of carbonyl (C=O) groups is 1. The monoisotopic (exact) mass is 399 g/mol. The first-order valence-electron chi connectivity index (χ1n) is 8.67. The maximum atomic E-state index is 12.5. The van der Waals surface area contributed by atoms with Crippen LogP contribution in [0.2, 0.25) is 0 Å². The van der Waals surface area contributed by atoms with E-state index in [4.69, 9.17) is 0 Å². The summed E-state index contributed by atoms with van der Waals surface area (Å²) in [5.41, 5.74) is 3.83. The highest BCUT2D eigenvalue weighted by Gasteiger charge is 2.13. The summed E-state index contributed by atoms with van der Waals surface area (Å²) in [5, 5.41) is 13.7. The summed E-state index contributed by atoms with van der Waals surface area (Å²) >= 11 is 1.34. The van der Waals surface area contributed by atoms with Crippen molar-refractivity contribution in [2.24, 2.45) is 7.05 Å². The van der Waals surface area contributed by atoms with E-state index in [0.717, 1.165) is 22.5 Å². The second-order valence-corrected chi connectivity index (χ2v) is 7.56. The Morgan fingerprint density at radius 1 is 1.14 bits per heavy atom. The lowest BCUT2D eigenvalue weighted by Crippen LogP contribution is -2.22. The molecule has 3 aromatic heterocycles. The van der Waals surface area contributed by atoms with Crippen LogP contribution in [-0.4, -0.2) is 35.4 Å². The van der Waals surface area contributed by atoms with Gasteiger partial charge in [0.05, 0.1) is 6.20 Å². The van der Waals surface area contributed by atoms with Crippen molar-refractivity contribution in [2.45, 2.75) is 37.7 Å². The van der Waals surface area contributed by atoms with Crippen molar-refractivity contribution in [3.63, 3.8) is 0 Å². The molecule has 0 fully saturated rings. The van der Waals surface area contributed by atoms with Crippen molar-refractivity contribution in [3.8, 4) is 0 Å². The third-order valence-electron chi connectivity index (χ3n) is 4.00. The van der Waals surface area contributed by atoms with Crippen molar-refractivity contribution >= 4 is 17.7 Å². The molecule has 0 aliphatic carbocycles. The summed E-state index contributed by atoms with van der Waals surface area (Å²) in [6.45, 7) is 3.59. The molecular weight excluding hydrogens is 378 g/mol. The Bertz CT molecular complexity index is 1050. The molecule has 0 aromatic carbocycles. The highest BCUT2D eigenvalue weighted by atomic mass is 32.2. The predicted molar refractivity (Wildman–Crippen MR) is 105 cm³/mol. The highest BCUT2D eigenvalue weighted by molar-refractivity contribution is 7.98. The van der Waals surface area contributed by atoms with E-state index in [9.17, 15) is 14.7 Å². The van der Waals surface area contributed by atoms with Crippen LogP contribution < -0.4 is 5.56 Å². The van der Waals surface area contributed by atoms with E-state index >= 15 is 0 Å². The third-order valence-corrected chi connectivity index (χ3v) is 5.06. The fourth-order valence-electron chi connectivity index (χ4n) is 2.95. The second kappa shape index (κ2) is 8.39. The van der Waals surface area contributed by atoms with E-state index in [1.165, 1.54) is 16.3 Å². The van der Waals surface area contributed by atoms with Gasteiger partial charge in [0.1, 0.15) is 6.54 Å². The van der Waals surface area contributed by atoms with Gasteiger partial charge in [-0.05, 0) is 37.1 Å². The van der Waals surface area contributed by atoms with Crippen molar-refractivity contribution in [2.75, 3.05) is 0 Å². The van der Waals surface area contributed by atoms with Gasteiger partial charge < -0.3 is 9.67 Å². The number of nitrogens with zero attached hydrogens (tertiary/aromatic N) is 5. The molecule has 0 saturated carbocycles. The minimum absolute atomic E-state index is 0.260. The van der Waals surface area contributed by atoms with Crippen LogP contribution in [0.15, 0.2) is 40.7 Å². The molecule has 0 spiro atoms. The number of carboxylic acid groups (broad SMARTS) is 1. The molecule has 3 rings (SSSR count). The molecule has 9 heteroatoms. The number of carboxylic acids is 1. The Kier molecular flexibility index (Phi) is 5.93. The number of aromatic nitrogens is 5. The van der Waals surface area contributed by atoms with E-state index in [-0.39, 0.29) is 12.1 Å². The molecule has 0 aliphatic heterocycles. The number of hydrogen-bond acceptors (Lipinski definition) is 6. The zero-order chi connectivity index (χ0) is 20.3. The van der Waals surface area contributed by atoms with Crippen LogP contribution >= 0.6 is 11.8 Å². The molecule has 0 aliphatic rings. The van der Waals surface area contributed by atoms with Gasteiger partial charge in [0, 0.05) is 48.6 Å². The minimum Gasteiger partial charge on any atom is -0.480 e. The van der Waals surface area contributed by atoms with Crippen molar-refractivity contribution in [1.82, 2.24) is 24.3 Å². The van der Waals surface area contributed by atoms with Gasteiger partial charge in [-0.3, -0.25) is 19.3 Å². The summed E-state index contributed by atoms with van der Waals surface area (Å²) in [6.07, 6.45) is 5.43. The highest BCUT2D eigenvalue weighted by Crippen LogP contribution is 2.21. The van der Waals surface area contributed by atoms with Crippen LogP contribution in [0.1, 0.15) is 28.1 Å². The number of aryl methyl sites for hydroxylation is 3. The molecule has 146 valence electrons. The Balaban J connectivity index is 1.87. The maximum Gasteiger partial charge on any atom is 0.323 e. The van der Waals surface area contributed by atoms with Crippen LogP contribution in [0.5, 0.6) is 0 Å². The molecule has 3 heterocycles. The van der Waals surface area contributed by atoms with Crippen molar-refractivity contribution in [3.05, 3.63) is 69.2 Å². The first-order valence-corrected chi connectivity index (χ1v) is 9.65.